The summed E-state index contributed by atoms with van der Waals surface area (Å²) in [6, 6.07) is 17.2. The van der Waals surface area contributed by atoms with Gasteiger partial charge in [0.2, 0.25) is 0 Å². The molecule has 1 fully saturated rings. The number of para-hydroxylation sites is 1. The zero-order valence-electron chi connectivity index (χ0n) is 17.5. The summed E-state index contributed by atoms with van der Waals surface area (Å²) in [5.74, 6) is 0. The number of thiocarbonyl (C=S) groups is 1. The van der Waals surface area contributed by atoms with Crippen molar-refractivity contribution in [1.82, 2.24) is 19.8 Å². The van der Waals surface area contributed by atoms with Gasteiger partial charge in [-0.15, -0.1) is 0 Å². The van der Waals surface area contributed by atoms with Crippen molar-refractivity contribution in [3.8, 4) is 5.69 Å². The maximum absolute atomic E-state index is 5.69. The van der Waals surface area contributed by atoms with Gasteiger partial charge in [-0.1, -0.05) is 31.2 Å². The number of hydrogen-bond donors (Lipinski definition) is 1. The lowest BCUT2D eigenvalue weighted by Crippen LogP contribution is -2.29. The predicted molar refractivity (Wildman–Crippen MR) is 122 cm³/mol. The second kappa shape index (κ2) is 7.99. The molecule has 0 bridgehead atoms. The molecule has 3 heterocycles. The van der Waals surface area contributed by atoms with E-state index in [1.165, 1.54) is 28.2 Å². The largest absolute Gasteiger partial charge is 0.352 e. The van der Waals surface area contributed by atoms with Gasteiger partial charge in [-0.2, -0.15) is 0 Å². The minimum Gasteiger partial charge on any atom is -0.352 e. The summed E-state index contributed by atoms with van der Waals surface area (Å²) in [6.45, 7) is 9.64. The van der Waals surface area contributed by atoms with Crippen molar-refractivity contribution in [3.05, 3.63) is 82.9 Å². The van der Waals surface area contributed by atoms with Crippen molar-refractivity contribution >= 4 is 17.3 Å². The zero-order valence-corrected chi connectivity index (χ0v) is 18.3. The highest BCUT2D eigenvalue weighted by Gasteiger charge is 2.40. The van der Waals surface area contributed by atoms with Crippen LogP contribution in [0.25, 0.3) is 5.69 Å². The molecule has 1 aromatic carbocycles. The molecule has 1 saturated heterocycles. The Kier molecular flexibility index (Phi) is 5.41. The van der Waals surface area contributed by atoms with Crippen LogP contribution in [-0.4, -0.2) is 26.1 Å². The van der Waals surface area contributed by atoms with Crippen LogP contribution in [0.15, 0.2) is 54.7 Å². The van der Waals surface area contributed by atoms with Gasteiger partial charge in [0.05, 0.1) is 17.8 Å². The van der Waals surface area contributed by atoms with Crippen molar-refractivity contribution in [2.24, 2.45) is 0 Å². The molecule has 150 valence electrons. The number of aromatic nitrogens is 2. The average molecular weight is 405 g/mol. The first-order chi connectivity index (χ1) is 14.1. The highest BCUT2D eigenvalue weighted by molar-refractivity contribution is 7.80. The average Bonchev–Trinajstić information content (AvgIpc) is 3.23. The van der Waals surface area contributed by atoms with Crippen molar-refractivity contribution in [1.29, 1.82) is 0 Å². The third-order valence-corrected chi connectivity index (χ3v) is 6.29. The van der Waals surface area contributed by atoms with Crippen LogP contribution in [0.1, 0.15) is 54.1 Å². The lowest BCUT2D eigenvalue weighted by molar-refractivity contribution is 0.329. The summed E-state index contributed by atoms with van der Waals surface area (Å²) in [4.78, 5) is 6.91. The molecule has 0 unspecified atom stereocenters. The molecule has 0 saturated carbocycles. The maximum atomic E-state index is 5.69. The van der Waals surface area contributed by atoms with Gasteiger partial charge in [0, 0.05) is 29.8 Å². The third kappa shape index (κ3) is 3.33. The summed E-state index contributed by atoms with van der Waals surface area (Å²) in [5.41, 5.74) is 7.45. The topological polar surface area (TPSA) is 33.1 Å². The Morgan fingerprint density at radius 1 is 1.07 bits per heavy atom. The highest BCUT2D eigenvalue weighted by Crippen LogP contribution is 2.41. The number of benzene rings is 1. The molecule has 2 atom stereocenters. The number of rotatable bonds is 5. The monoisotopic (exact) mass is 404 g/mol. The van der Waals surface area contributed by atoms with Crippen molar-refractivity contribution in [2.45, 2.75) is 46.2 Å². The lowest BCUT2D eigenvalue weighted by atomic mass is 9.97. The molecule has 29 heavy (non-hydrogen) atoms. The van der Waals surface area contributed by atoms with E-state index in [4.69, 9.17) is 12.2 Å². The normalized spacial score (nSPS) is 18.9. The number of aryl methyl sites for hydroxylation is 2. The van der Waals surface area contributed by atoms with E-state index in [9.17, 15) is 0 Å². The Labute approximate surface area is 178 Å². The van der Waals surface area contributed by atoms with Crippen LogP contribution in [0.4, 0.5) is 0 Å². The van der Waals surface area contributed by atoms with Gasteiger partial charge in [-0.25, -0.2) is 0 Å². The van der Waals surface area contributed by atoms with E-state index in [2.05, 4.69) is 83.9 Å². The van der Waals surface area contributed by atoms with Crippen LogP contribution in [0.5, 0.6) is 0 Å². The molecular formula is C24H28N4S. The van der Waals surface area contributed by atoms with Crippen molar-refractivity contribution in [2.75, 3.05) is 6.54 Å². The van der Waals surface area contributed by atoms with E-state index in [1.807, 2.05) is 18.3 Å². The summed E-state index contributed by atoms with van der Waals surface area (Å²) in [7, 11) is 0. The number of nitrogens with one attached hydrogen (secondary N) is 1. The summed E-state index contributed by atoms with van der Waals surface area (Å²) < 4.78 is 2.39. The number of likely N-dealkylation sites (N-methyl/N-ethyl adjacent to an activating group) is 1. The van der Waals surface area contributed by atoms with Gasteiger partial charge in [0.15, 0.2) is 5.11 Å². The highest BCUT2D eigenvalue weighted by atomic mass is 32.1. The Morgan fingerprint density at radius 2 is 1.83 bits per heavy atom. The Morgan fingerprint density at radius 3 is 2.52 bits per heavy atom. The minimum atomic E-state index is 0.0408. The second-order valence-corrected chi connectivity index (χ2v) is 7.94. The Hall–Kier alpha value is -2.66. The SMILES string of the molecule is CCc1ccccc1-n1c(C)cc([C@@H]2[C@H](c3ccccn3)NC(=S)N2CC)c1C. The van der Waals surface area contributed by atoms with E-state index in [0.717, 1.165) is 23.8 Å². The van der Waals surface area contributed by atoms with Gasteiger partial charge < -0.3 is 14.8 Å². The summed E-state index contributed by atoms with van der Waals surface area (Å²) >= 11 is 5.69. The van der Waals surface area contributed by atoms with E-state index in [0.29, 0.717) is 0 Å². The fourth-order valence-electron chi connectivity index (χ4n) is 4.57. The Bertz CT molecular complexity index is 1020. The van der Waals surface area contributed by atoms with Gasteiger partial charge >= 0.3 is 0 Å². The maximum Gasteiger partial charge on any atom is 0.170 e. The molecule has 3 aromatic rings. The summed E-state index contributed by atoms with van der Waals surface area (Å²) in [5, 5.41) is 4.32. The standard InChI is InChI=1S/C24H28N4S/c1-5-18-11-7-8-13-21(18)28-16(3)15-19(17(28)4)23-22(20-12-9-10-14-25-20)26-24(29)27(23)6-2/h7-15,22-23H,5-6H2,1-4H3,(H,26,29)/t22-,23+/m0/s1. The van der Waals surface area contributed by atoms with Crippen molar-refractivity contribution in [3.63, 3.8) is 0 Å². The first-order valence-electron chi connectivity index (χ1n) is 10.3. The van der Waals surface area contributed by atoms with Gasteiger partial charge in [0.25, 0.3) is 0 Å². The second-order valence-electron chi connectivity index (χ2n) is 7.56. The molecule has 1 aliphatic heterocycles. The van der Waals surface area contributed by atoms with Crippen LogP contribution in [0, 0.1) is 13.8 Å². The first kappa shape index (κ1) is 19.6. The molecule has 0 amide bonds. The van der Waals surface area contributed by atoms with Crippen LogP contribution >= 0.6 is 12.2 Å². The molecular weight excluding hydrogens is 376 g/mol. The van der Waals surface area contributed by atoms with E-state index >= 15 is 0 Å². The number of pyridine rings is 1. The van der Waals surface area contributed by atoms with Crippen molar-refractivity contribution < 1.29 is 0 Å². The zero-order chi connectivity index (χ0) is 20.5. The summed E-state index contributed by atoms with van der Waals surface area (Å²) in [6.07, 6.45) is 2.86. The van der Waals surface area contributed by atoms with Crippen LogP contribution < -0.4 is 5.32 Å². The third-order valence-electron chi connectivity index (χ3n) is 5.94. The lowest BCUT2D eigenvalue weighted by Gasteiger charge is -2.27. The quantitative estimate of drug-likeness (QED) is 0.604. The van der Waals surface area contributed by atoms with Crippen LogP contribution in [0.2, 0.25) is 0 Å². The molecule has 1 N–H and O–H groups in total. The number of hydrogen-bond acceptors (Lipinski definition) is 2. The Balaban J connectivity index is 1.85. The number of nitrogens with zero attached hydrogens (tertiary/aromatic N) is 3. The molecule has 1 aliphatic rings. The molecule has 4 nitrogen and oxygen atoms in total. The molecule has 4 rings (SSSR count). The molecule has 2 aromatic heterocycles. The molecule has 0 radical (unpaired) electrons. The van der Waals surface area contributed by atoms with Crippen LogP contribution in [0.3, 0.4) is 0 Å². The van der Waals surface area contributed by atoms with E-state index in [1.54, 1.807) is 0 Å². The van der Waals surface area contributed by atoms with E-state index < -0.39 is 0 Å². The molecule has 0 spiro atoms. The molecule has 5 heteroatoms. The van der Waals surface area contributed by atoms with Gasteiger partial charge in [-0.3, -0.25) is 4.98 Å². The molecule has 0 aliphatic carbocycles. The van der Waals surface area contributed by atoms with E-state index in [-0.39, 0.29) is 12.1 Å². The smallest absolute Gasteiger partial charge is 0.170 e. The minimum absolute atomic E-state index is 0.0408. The fraction of sp³-hybridized carbons (Fsp3) is 0.333. The first-order valence-corrected chi connectivity index (χ1v) is 10.7. The van der Waals surface area contributed by atoms with Crippen LogP contribution in [-0.2, 0) is 6.42 Å². The van der Waals surface area contributed by atoms with Gasteiger partial charge in [-0.05, 0) is 74.8 Å². The predicted octanol–water partition coefficient (Wildman–Crippen LogP) is 5.04. The van der Waals surface area contributed by atoms with Gasteiger partial charge in [0.1, 0.15) is 0 Å². The fourth-order valence-corrected chi connectivity index (χ4v) is 4.94.